The van der Waals surface area contributed by atoms with Gasteiger partial charge in [0.15, 0.2) is 0 Å². The molecular weight excluding hydrogens is 395 g/mol. The summed E-state index contributed by atoms with van der Waals surface area (Å²) in [5.41, 5.74) is 3.66. The van der Waals surface area contributed by atoms with Crippen LogP contribution in [0.5, 0.6) is 0 Å². The molecule has 0 radical (unpaired) electrons. The number of benzene rings is 1. The molecule has 2 atom stereocenters. The van der Waals surface area contributed by atoms with Crippen LogP contribution in [0.15, 0.2) is 24.3 Å². The van der Waals surface area contributed by atoms with E-state index in [4.69, 9.17) is 11.6 Å². The summed E-state index contributed by atoms with van der Waals surface area (Å²) in [5, 5.41) is 8.87. The van der Waals surface area contributed by atoms with E-state index in [2.05, 4.69) is 10.4 Å². The molecule has 1 amide bonds. The number of likely N-dealkylation sites (tertiary alicyclic amines) is 1. The average molecular weight is 423 g/mol. The topological polar surface area (TPSA) is 50.2 Å². The minimum Gasteiger partial charge on any atom is -0.339 e. The van der Waals surface area contributed by atoms with Crippen LogP contribution in [0, 0.1) is 25.7 Å². The zero-order valence-electron chi connectivity index (χ0n) is 16.4. The number of rotatable bonds is 3. The fourth-order valence-corrected chi connectivity index (χ4v) is 4.63. The van der Waals surface area contributed by atoms with Crippen LogP contribution in [-0.2, 0) is 6.54 Å². The summed E-state index contributed by atoms with van der Waals surface area (Å²) in [6.07, 6.45) is 2.20. The first-order chi connectivity index (χ1) is 13.0. The summed E-state index contributed by atoms with van der Waals surface area (Å²) < 4.78 is 1.93. The van der Waals surface area contributed by atoms with Crippen molar-refractivity contribution in [2.75, 3.05) is 26.2 Å². The van der Waals surface area contributed by atoms with E-state index < -0.39 is 0 Å². The number of nitrogens with zero attached hydrogens (tertiary/aromatic N) is 3. The summed E-state index contributed by atoms with van der Waals surface area (Å²) in [4.78, 5) is 15.3. The molecule has 0 spiro atoms. The van der Waals surface area contributed by atoms with Crippen LogP contribution in [0.2, 0.25) is 5.02 Å². The van der Waals surface area contributed by atoms with Crippen molar-refractivity contribution >= 4 is 29.9 Å². The molecule has 152 valence electrons. The van der Waals surface area contributed by atoms with Gasteiger partial charge in [0, 0.05) is 23.8 Å². The van der Waals surface area contributed by atoms with E-state index in [1.165, 1.54) is 0 Å². The molecule has 5 nitrogen and oxygen atoms in total. The first-order valence-electron chi connectivity index (χ1n) is 9.81. The van der Waals surface area contributed by atoms with Gasteiger partial charge in [-0.15, -0.1) is 12.4 Å². The Labute approximate surface area is 177 Å². The van der Waals surface area contributed by atoms with Gasteiger partial charge >= 0.3 is 0 Å². The average Bonchev–Trinajstić information content (AvgIpc) is 3.14. The predicted octanol–water partition coefficient (Wildman–Crippen LogP) is 3.70. The minimum atomic E-state index is 0. The van der Waals surface area contributed by atoms with Crippen molar-refractivity contribution in [2.45, 2.75) is 33.2 Å². The molecule has 2 aliphatic heterocycles. The Balaban J connectivity index is 0.00000225. The molecule has 1 aromatic carbocycles. The Morgan fingerprint density at radius 3 is 2.36 bits per heavy atom. The lowest BCUT2D eigenvalue weighted by Crippen LogP contribution is -2.33. The second-order valence-corrected chi connectivity index (χ2v) is 8.31. The van der Waals surface area contributed by atoms with E-state index in [-0.39, 0.29) is 18.3 Å². The summed E-state index contributed by atoms with van der Waals surface area (Å²) in [6.45, 7) is 8.49. The van der Waals surface area contributed by atoms with Crippen molar-refractivity contribution in [3.63, 3.8) is 0 Å². The highest BCUT2D eigenvalue weighted by Gasteiger charge is 2.33. The van der Waals surface area contributed by atoms with Crippen LogP contribution in [0.1, 0.15) is 40.2 Å². The van der Waals surface area contributed by atoms with E-state index in [0.717, 1.165) is 78.4 Å². The second-order valence-electron chi connectivity index (χ2n) is 7.88. The largest absolute Gasteiger partial charge is 0.339 e. The van der Waals surface area contributed by atoms with Crippen LogP contribution in [0.3, 0.4) is 0 Å². The second kappa shape index (κ2) is 8.85. The summed E-state index contributed by atoms with van der Waals surface area (Å²) >= 11 is 5.97. The van der Waals surface area contributed by atoms with Gasteiger partial charge in [-0.05, 0) is 69.3 Å². The molecule has 4 rings (SSSR count). The molecule has 3 heterocycles. The van der Waals surface area contributed by atoms with Gasteiger partial charge in [0.05, 0.1) is 17.8 Å². The van der Waals surface area contributed by atoms with Crippen LogP contribution >= 0.6 is 24.0 Å². The third kappa shape index (κ3) is 4.22. The van der Waals surface area contributed by atoms with E-state index in [9.17, 15) is 4.79 Å². The van der Waals surface area contributed by atoms with Crippen LogP contribution in [-0.4, -0.2) is 46.8 Å². The first kappa shape index (κ1) is 21.2. The molecule has 0 aliphatic carbocycles. The van der Waals surface area contributed by atoms with Crippen molar-refractivity contribution in [1.82, 2.24) is 20.0 Å². The number of nitrogens with one attached hydrogen (secondary N) is 1. The predicted molar refractivity (Wildman–Crippen MR) is 114 cm³/mol. The van der Waals surface area contributed by atoms with Gasteiger partial charge in [-0.3, -0.25) is 9.48 Å². The van der Waals surface area contributed by atoms with E-state index in [1.807, 2.05) is 47.7 Å². The number of carbonyl (C=O) groups excluding carboxylic acids is 1. The zero-order chi connectivity index (χ0) is 19.0. The Bertz CT molecular complexity index is 820. The number of halogens is 2. The first-order valence-corrected chi connectivity index (χ1v) is 10.2. The monoisotopic (exact) mass is 422 g/mol. The van der Waals surface area contributed by atoms with Crippen LogP contribution < -0.4 is 5.32 Å². The molecule has 1 aromatic heterocycles. The van der Waals surface area contributed by atoms with Crippen molar-refractivity contribution in [2.24, 2.45) is 11.8 Å². The molecule has 0 bridgehead atoms. The third-order valence-corrected chi connectivity index (χ3v) is 6.40. The van der Waals surface area contributed by atoms with Crippen molar-refractivity contribution in [3.05, 3.63) is 51.8 Å². The molecule has 2 fully saturated rings. The van der Waals surface area contributed by atoms with E-state index in [0.29, 0.717) is 6.54 Å². The maximum Gasteiger partial charge on any atom is 0.257 e. The SMILES string of the molecule is Cc1nn(Cc2ccc(Cl)cc2)c(C)c1C(=O)N1CC[C@@H]2CNC[C@@H]2CC1.Cl. The van der Waals surface area contributed by atoms with Crippen molar-refractivity contribution in [1.29, 1.82) is 0 Å². The fraction of sp³-hybridized carbons (Fsp3) is 0.524. The highest BCUT2D eigenvalue weighted by Crippen LogP contribution is 2.28. The van der Waals surface area contributed by atoms with E-state index >= 15 is 0 Å². The molecule has 28 heavy (non-hydrogen) atoms. The third-order valence-electron chi connectivity index (χ3n) is 6.15. The van der Waals surface area contributed by atoms with Crippen LogP contribution in [0.25, 0.3) is 0 Å². The highest BCUT2D eigenvalue weighted by atomic mass is 35.5. The maximum absolute atomic E-state index is 13.3. The number of aryl methyl sites for hydroxylation is 1. The van der Waals surface area contributed by atoms with Gasteiger partial charge in [-0.1, -0.05) is 23.7 Å². The Hall–Kier alpha value is -1.56. The lowest BCUT2D eigenvalue weighted by atomic mass is 9.92. The van der Waals surface area contributed by atoms with Gasteiger partial charge in [-0.25, -0.2) is 0 Å². The smallest absolute Gasteiger partial charge is 0.257 e. The minimum absolute atomic E-state index is 0. The zero-order valence-corrected chi connectivity index (χ0v) is 18.0. The Morgan fingerprint density at radius 2 is 1.75 bits per heavy atom. The van der Waals surface area contributed by atoms with E-state index in [1.54, 1.807) is 0 Å². The standard InChI is InChI=1S/C21H27ClN4O.ClH/c1-14-20(15(2)26(24-14)13-16-3-5-19(22)6-4-16)21(27)25-9-7-17-11-23-12-18(17)8-10-25;/h3-6,17-18,23H,7-13H2,1-2H3;1H/t17-,18+;. The number of fused-ring (bicyclic) bond motifs is 1. The molecular formula is C21H28Cl2N4O. The Morgan fingerprint density at radius 1 is 1.14 bits per heavy atom. The molecule has 2 saturated heterocycles. The molecule has 1 N–H and O–H groups in total. The number of aromatic nitrogens is 2. The van der Waals surface area contributed by atoms with Crippen LogP contribution in [0.4, 0.5) is 0 Å². The number of carbonyl (C=O) groups is 1. The normalized spacial score (nSPS) is 21.8. The van der Waals surface area contributed by atoms with Gasteiger partial charge in [0.25, 0.3) is 5.91 Å². The summed E-state index contributed by atoms with van der Waals surface area (Å²) in [5.74, 6) is 1.58. The molecule has 7 heteroatoms. The summed E-state index contributed by atoms with van der Waals surface area (Å²) in [7, 11) is 0. The fourth-order valence-electron chi connectivity index (χ4n) is 4.50. The van der Waals surface area contributed by atoms with Gasteiger partial charge < -0.3 is 10.2 Å². The van der Waals surface area contributed by atoms with Gasteiger partial charge in [0.2, 0.25) is 0 Å². The highest BCUT2D eigenvalue weighted by molar-refractivity contribution is 6.30. The maximum atomic E-state index is 13.3. The lowest BCUT2D eigenvalue weighted by molar-refractivity contribution is 0.0757. The quantitative estimate of drug-likeness (QED) is 0.819. The number of hydrogen-bond acceptors (Lipinski definition) is 3. The molecule has 2 aliphatic rings. The molecule has 2 aromatic rings. The van der Waals surface area contributed by atoms with Crippen molar-refractivity contribution in [3.8, 4) is 0 Å². The number of amides is 1. The molecule has 0 saturated carbocycles. The molecule has 0 unspecified atom stereocenters. The van der Waals surface area contributed by atoms with Gasteiger partial charge in [0.1, 0.15) is 0 Å². The lowest BCUT2D eigenvalue weighted by Gasteiger charge is -2.21. The Kier molecular flexibility index (Phi) is 6.69. The summed E-state index contributed by atoms with van der Waals surface area (Å²) in [6, 6.07) is 7.78. The van der Waals surface area contributed by atoms with Gasteiger partial charge in [-0.2, -0.15) is 5.10 Å². The number of hydrogen-bond donors (Lipinski definition) is 1. The van der Waals surface area contributed by atoms with Crippen molar-refractivity contribution < 1.29 is 4.79 Å².